The van der Waals surface area contributed by atoms with Crippen molar-refractivity contribution in [3.05, 3.63) is 34.9 Å². The molecule has 0 aliphatic rings. The van der Waals surface area contributed by atoms with Crippen LogP contribution in [0.4, 0.5) is 0 Å². The van der Waals surface area contributed by atoms with Crippen LogP contribution in [-0.2, 0) is 0 Å². The van der Waals surface area contributed by atoms with Gasteiger partial charge < -0.3 is 15.5 Å². The molecule has 4 heteroatoms. The lowest BCUT2D eigenvalue weighted by Crippen LogP contribution is -2.31. The van der Waals surface area contributed by atoms with E-state index in [-0.39, 0.29) is 12.6 Å². The lowest BCUT2D eigenvalue weighted by atomic mass is 10.1. The number of hydrogen-bond acceptors (Lipinski definition) is 3. The predicted octanol–water partition coefficient (Wildman–Crippen LogP) is 1.34. The summed E-state index contributed by atoms with van der Waals surface area (Å²) in [7, 11) is 0. The lowest BCUT2D eigenvalue weighted by Gasteiger charge is -2.17. The first-order chi connectivity index (χ1) is 7.15. The van der Waals surface area contributed by atoms with Crippen molar-refractivity contribution in [3.8, 4) is 0 Å². The topological polar surface area (TPSA) is 52.5 Å². The van der Waals surface area contributed by atoms with Crippen molar-refractivity contribution in [3.63, 3.8) is 0 Å². The Balaban J connectivity index is 2.54. The molecule has 0 heterocycles. The van der Waals surface area contributed by atoms with Gasteiger partial charge in [-0.25, -0.2) is 0 Å². The smallest absolute Gasteiger partial charge is 0.0895 e. The molecular formula is C11H16ClNO2. The summed E-state index contributed by atoms with van der Waals surface area (Å²) in [5.74, 6) is 0. The molecule has 0 saturated carbocycles. The van der Waals surface area contributed by atoms with Crippen molar-refractivity contribution < 1.29 is 10.2 Å². The van der Waals surface area contributed by atoms with E-state index in [1.807, 2.05) is 31.2 Å². The summed E-state index contributed by atoms with van der Waals surface area (Å²) in [5, 5.41) is 21.6. The molecule has 0 aliphatic heterocycles. The Morgan fingerprint density at radius 1 is 1.40 bits per heavy atom. The fraction of sp³-hybridized carbons (Fsp3) is 0.455. The van der Waals surface area contributed by atoms with Crippen LogP contribution in [0, 0.1) is 0 Å². The van der Waals surface area contributed by atoms with Gasteiger partial charge in [-0.15, -0.1) is 0 Å². The minimum absolute atomic E-state index is 0.0555. The van der Waals surface area contributed by atoms with Gasteiger partial charge in [0.25, 0.3) is 0 Å². The molecule has 3 N–H and O–H groups in total. The highest BCUT2D eigenvalue weighted by Crippen LogP contribution is 2.21. The standard InChI is InChI=1S/C11H16ClNO2/c1-8(13-6-9(15)7-14)10-4-2-3-5-11(10)12/h2-5,8-9,13-15H,6-7H2,1H3/t8-,9+/m1/s1. The molecule has 1 aromatic carbocycles. The number of hydrogen-bond donors (Lipinski definition) is 3. The van der Waals surface area contributed by atoms with E-state index in [0.717, 1.165) is 5.56 Å². The number of rotatable bonds is 5. The average molecular weight is 230 g/mol. The SMILES string of the molecule is C[C@@H](NC[C@H](O)CO)c1ccccc1Cl. The molecule has 2 atom stereocenters. The predicted molar refractivity (Wildman–Crippen MR) is 61.0 cm³/mol. The van der Waals surface area contributed by atoms with Crippen molar-refractivity contribution in [1.29, 1.82) is 0 Å². The zero-order valence-corrected chi connectivity index (χ0v) is 9.41. The van der Waals surface area contributed by atoms with Crippen LogP contribution in [0.25, 0.3) is 0 Å². The quantitative estimate of drug-likeness (QED) is 0.715. The molecule has 0 unspecified atom stereocenters. The van der Waals surface area contributed by atoms with E-state index in [1.165, 1.54) is 0 Å². The second-order valence-electron chi connectivity index (χ2n) is 3.49. The Morgan fingerprint density at radius 2 is 2.07 bits per heavy atom. The van der Waals surface area contributed by atoms with Crippen LogP contribution >= 0.6 is 11.6 Å². The molecule has 0 saturated heterocycles. The summed E-state index contributed by atoms with van der Waals surface area (Å²) in [6.07, 6.45) is -0.727. The Labute approximate surface area is 94.7 Å². The van der Waals surface area contributed by atoms with Gasteiger partial charge in [0.15, 0.2) is 0 Å². The molecule has 3 nitrogen and oxygen atoms in total. The maximum atomic E-state index is 9.18. The van der Waals surface area contributed by atoms with Crippen LogP contribution in [0.15, 0.2) is 24.3 Å². The van der Waals surface area contributed by atoms with Crippen molar-refractivity contribution in [1.82, 2.24) is 5.32 Å². The molecule has 0 amide bonds. The van der Waals surface area contributed by atoms with E-state index in [0.29, 0.717) is 11.6 Å². The van der Waals surface area contributed by atoms with E-state index in [9.17, 15) is 5.11 Å². The number of halogens is 1. The highest BCUT2D eigenvalue weighted by Gasteiger charge is 2.10. The van der Waals surface area contributed by atoms with Gasteiger partial charge in [0.2, 0.25) is 0 Å². The van der Waals surface area contributed by atoms with Crippen LogP contribution < -0.4 is 5.32 Å². The second kappa shape index (κ2) is 6.08. The van der Waals surface area contributed by atoms with Crippen molar-refractivity contribution in [2.24, 2.45) is 0 Å². The highest BCUT2D eigenvalue weighted by molar-refractivity contribution is 6.31. The Bertz CT molecular complexity index is 306. The third-order valence-electron chi connectivity index (χ3n) is 2.24. The van der Waals surface area contributed by atoms with E-state index in [4.69, 9.17) is 16.7 Å². The van der Waals surface area contributed by atoms with Gasteiger partial charge in [-0.05, 0) is 18.6 Å². The maximum absolute atomic E-state index is 9.18. The molecular weight excluding hydrogens is 214 g/mol. The third-order valence-corrected chi connectivity index (χ3v) is 2.59. The molecule has 0 aromatic heterocycles. The van der Waals surface area contributed by atoms with E-state index >= 15 is 0 Å². The van der Waals surface area contributed by atoms with Gasteiger partial charge in [-0.2, -0.15) is 0 Å². The minimum atomic E-state index is -0.727. The lowest BCUT2D eigenvalue weighted by molar-refractivity contribution is 0.0924. The van der Waals surface area contributed by atoms with Gasteiger partial charge >= 0.3 is 0 Å². The molecule has 0 spiro atoms. The molecule has 84 valence electrons. The number of nitrogens with one attached hydrogen (secondary N) is 1. The molecule has 15 heavy (non-hydrogen) atoms. The van der Waals surface area contributed by atoms with Gasteiger partial charge in [-0.3, -0.25) is 0 Å². The van der Waals surface area contributed by atoms with Gasteiger partial charge in [0, 0.05) is 17.6 Å². The molecule has 0 radical (unpaired) electrons. The largest absolute Gasteiger partial charge is 0.394 e. The second-order valence-corrected chi connectivity index (χ2v) is 3.90. The summed E-state index contributed by atoms with van der Waals surface area (Å²) in [6, 6.07) is 7.62. The molecule has 0 fully saturated rings. The first-order valence-electron chi connectivity index (χ1n) is 4.92. The summed E-state index contributed by atoms with van der Waals surface area (Å²) in [4.78, 5) is 0. The zero-order chi connectivity index (χ0) is 11.3. The molecule has 1 aromatic rings. The maximum Gasteiger partial charge on any atom is 0.0895 e. The van der Waals surface area contributed by atoms with E-state index in [1.54, 1.807) is 0 Å². The fourth-order valence-electron chi connectivity index (χ4n) is 1.31. The Hall–Kier alpha value is -0.610. The molecule has 0 aliphatic carbocycles. The Morgan fingerprint density at radius 3 is 2.67 bits per heavy atom. The highest BCUT2D eigenvalue weighted by atomic mass is 35.5. The van der Waals surface area contributed by atoms with Crippen LogP contribution in [0.1, 0.15) is 18.5 Å². The van der Waals surface area contributed by atoms with Crippen molar-refractivity contribution in [2.45, 2.75) is 19.1 Å². The van der Waals surface area contributed by atoms with Gasteiger partial charge in [0.1, 0.15) is 0 Å². The van der Waals surface area contributed by atoms with Crippen molar-refractivity contribution >= 4 is 11.6 Å². The van der Waals surface area contributed by atoms with Crippen LogP contribution in [0.5, 0.6) is 0 Å². The first-order valence-corrected chi connectivity index (χ1v) is 5.29. The monoisotopic (exact) mass is 229 g/mol. The molecule has 0 bridgehead atoms. The summed E-state index contributed by atoms with van der Waals surface area (Å²) in [5.41, 5.74) is 0.990. The van der Waals surface area contributed by atoms with Crippen molar-refractivity contribution in [2.75, 3.05) is 13.2 Å². The number of benzene rings is 1. The van der Waals surface area contributed by atoms with E-state index < -0.39 is 6.10 Å². The summed E-state index contributed by atoms with van der Waals surface area (Å²) < 4.78 is 0. The average Bonchev–Trinajstić information content (AvgIpc) is 2.26. The minimum Gasteiger partial charge on any atom is -0.394 e. The summed E-state index contributed by atoms with van der Waals surface area (Å²) in [6.45, 7) is 2.08. The molecule has 1 rings (SSSR count). The van der Waals surface area contributed by atoms with Gasteiger partial charge in [-0.1, -0.05) is 29.8 Å². The number of aliphatic hydroxyl groups excluding tert-OH is 2. The normalized spacial score (nSPS) is 14.9. The first kappa shape index (κ1) is 12.5. The Kier molecular flexibility index (Phi) is 5.05. The van der Waals surface area contributed by atoms with Crippen LogP contribution in [0.2, 0.25) is 5.02 Å². The van der Waals surface area contributed by atoms with Crippen LogP contribution in [0.3, 0.4) is 0 Å². The number of aliphatic hydroxyl groups is 2. The van der Waals surface area contributed by atoms with Gasteiger partial charge in [0.05, 0.1) is 12.7 Å². The summed E-state index contributed by atoms with van der Waals surface area (Å²) >= 11 is 6.02. The van der Waals surface area contributed by atoms with Crippen LogP contribution in [-0.4, -0.2) is 29.5 Å². The van der Waals surface area contributed by atoms with E-state index in [2.05, 4.69) is 5.32 Å². The zero-order valence-electron chi connectivity index (χ0n) is 8.65. The third kappa shape index (κ3) is 3.80. The fourth-order valence-corrected chi connectivity index (χ4v) is 1.61.